The number of halogens is 2. The predicted octanol–water partition coefficient (Wildman–Crippen LogP) is 3.57. The van der Waals surface area contributed by atoms with Gasteiger partial charge in [-0.15, -0.1) is 0 Å². The molecule has 0 saturated carbocycles. The number of nitrogens with two attached hydrogens (primary N) is 1. The zero-order valence-electron chi connectivity index (χ0n) is 16.6. The van der Waals surface area contributed by atoms with Gasteiger partial charge in [0.25, 0.3) is 0 Å². The van der Waals surface area contributed by atoms with E-state index >= 15 is 0 Å². The average Bonchev–Trinajstić information content (AvgIpc) is 3.00. The Balaban J connectivity index is 1.82. The van der Waals surface area contributed by atoms with E-state index in [-0.39, 0.29) is 21.0 Å². The number of rotatable bonds is 6. The zero-order chi connectivity index (χ0) is 22.9. The topological polar surface area (TPSA) is 108 Å². The maximum atomic E-state index is 14.2. The number of Topliss-reactive ketones (excluding diaryl/α,β-unsaturated/α-hetero) is 1. The lowest BCUT2D eigenvalue weighted by Gasteiger charge is -2.11. The van der Waals surface area contributed by atoms with E-state index in [0.717, 1.165) is 12.1 Å². The normalized spacial score (nSPS) is 11.4. The minimum Gasteiger partial charge on any atom is -0.454 e. The van der Waals surface area contributed by atoms with Crippen molar-refractivity contribution >= 4 is 33.4 Å². The Bertz CT molecular complexity index is 1300. The van der Waals surface area contributed by atoms with Crippen LogP contribution in [-0.2, 0) is 14.8 Å². The molecule has 0 aliphatic rings. The molecule has 0 aliphatic heterocycles. The van der Waals surface area contributed by atoms with Crippen LogP contribution in [0.4, 0.5) is 4.39 Å². The summed E-state index contributed by atoms with van der Waals surface area (Å²) in [5.41, 5.74) is 1.43. The molecule has 0 unspecified atom stereocenters. The predicted molar refractivity (Wildman–Crippen MR) is 113 cm³/mol. The highest BCUT2D eigenvalue weighted by atomic mass is 35.5. The third kappa shape index (κ3) is 4.68. The van der Waals surface area contributed by atoms with Gasteiger partial charge in [0.05, 0.1) is 21.2 Å². The van der Waals surface area contributed by atoms with E-state index < -0.39 is 34.2 Å². The lowest BCUT2D eigenvalue weighted by atomic mass is 10.1. The SMILES string of the molecule is Cc1cc(C(=O)COC(=O)c2cc(S(N)(=O)=O)ccc2Cl)c(C)n1-c1ccccc1F. The molecule has 2 N–H and O–H groups in total. The van der Waals surface area contributed by atoms with Crippen molar-refractivity contribution < 1.29 is 27.1 Å². The van der Waals surface area contributed by atoms with Crippen molar-refractivity contribution in [1.29, 1.82) is 0 Å². The minimum atomic E-state index is -4.05. The van der Waals surface area contributed by atoms with Crippen LogP contribution in [0.15, 0.2) is 53.4 Å². The van der Waals surface area contributed by atoms with E-state index in [0.29, 0.717) is 17.1 Å². The standard InChI is InChI=1S/C21H18ClFN2O5S/c1-12-9-15(13(2)25(12)19-6-4-3-5-18(19)23)20(26)11-30-21(27)16-10-14(31(24,28)29)7-8-17(16)22/h3-10H,11H2,1-2H3,(H2,24,28,29). The first-order valence-electron chi connectivity index (χ1n) is 8.97. The fraction of sp³-hybridized carbons (Fsp3) is 0.143. The van der Waals surface area contributed by atoms with Gasteiger partial charge in [0.2, 0.25) is 15.8 Å². The second kappa shape index (κ2) is 8.62. The van der Waals surface area contributed by atoms with Crippen molar-refractivity contribution in [3.63, 3.8) is 0 Å². The van der Waals surface area contributed by atoms with Crippen LogP contribution < -0.4 is 5.14 Å². The Morgan fingerprint density at radius 1 is 1.10 bits per heavy atom. The molecule has 1 heterocycles. The molecule has 0 radical (unpaired) electrons. The van der Waals surface area contributed by atoms with Gasteiger partial charge in [-0.3, -0.25) is 4.79 Å². The number of aromatic nitrogens is 1. The Morgan fingerprint density at radius 3 is 2.42 bits per heavy atom. The summed E-state index contributed by atoms with van der Waals surface area (Å²) in [6.07, 6.45) is 0. The van der Waals surface area contributed by atoms with Crippen molar-refractivity contribution in [3.05, 3.63) is 81.9 Å². The number of carbonyl (C=O) groups excluding carboxylic acids is 2. The maximum Gasteiger partial charge on any atom is 0.340 e. The fourth-order valence-corrected chi connectivity index (χ4v) is 3.91. The van der Waals surface area contributed by atoms with Crippen molar-refractivity contribution in [2.24, 2.45) is 5.14 Å². The molecule has 162 valence electrons. The van der Waals surface area contributed by atoms with Crippen molar-refractivity contribution in [3.8, 4) is 5.69 Å². The highest BCUT2D eigenvalue weighted by Crippen LogP contribution is 2.24. The number of para-hydroxylation sites is 1. The van der Waals surface area contributed by atoms with E-state index in [2.05, 4.69) is 0 Å². The van der Waals surface area contributed by atoms with E-state index in [1.165, 1.54) is 12.1 Å². The van der Waals surface area contributed by atoms with Gasteiger partial charge in [0.15, 0.2) is 6.61 Å². The van der Waals surface area contributed by atoms with Crippen LogP contribution in [0.25, 0.3) is 5.69 Å². The Morgan fingerprint density at radius 2 is 1.77 bits per heavy atom. The second-order valence-electron chi connectivity index (χ2n) is 6.76. The van der Waals surface area contributed by atoms with Gasteiger partial charge < -0.3 is 9.30 Å². The van der Waals surface area contributed by atoms with Gasteiger partial charge >= 0.3 is 5.97 Å². The van der Waals surface area contributed by atoms with Gasteiger partial charge in [0.1, 0.15) is 5.82 Å². The van der Waals surface area contributed by atoms with Crippen molar-refractivity contribution in [1.82, 2.24) is 4.57 Å². The number of ether oxygens (including phenoxy) is 1. The molecule has 2 aromatic carbocycles. The highest BCUT2D eigenvalue weighted by Gasteiger charge is 2.21. The van der Waals surface area contributed by atoms with Gasteiger partial charge in [-0.05, 0) is 50.2 Å². The van der Waals surface area contributed by atoms with E-state index in [4.69, 9.17) is 21.5 Å². The number of aryl methyl sites for hydroxylation is 1. The lowest BCUT2D eigenvalue weighted by molar-refractivity contribution is 0.0474. The molecular formula is C21H18ClFN2O5S. The first-order chi connectivity index (χ1) is 14.5. The maximum absolute atomic E-state index is 14.2. The lowest BCUT2D eigenvalue weighted by Crippen LogP contribution is -2.17. The minimum absolute atomic E-state index is 0.0532. The van der Waals surface area contributed by atoms with E-state index in [9.17, 15) is 22.4 Å². The molecule has 0 amide bonds. The average molecular weight is 465 g/mol. The third-order valence-corrected chi connectivity index (χ3v) is 5.89. The summed E-state index contributed by atoms with van der Waals surface area (Å²) in [7, 11) is -4.05. The van der Waals surface area contributed by atoms with Crippen LogP contribution in [-0.4, -0.2) is 31.3 Å². The highest BCUT2D eigenvalue weighted by molar-refractivity contribution is 7.89. The molecule has 0 saturated heterocycles. The van der Waals surface area contributed by atoms with E-state index in [1.54, 1.807) is 42.7 Å². The summed E-state index contributed by atoms with van der Waals surface area (Å²) in [5, 5.41) is 5.01. The number of carbonyl (C=O) groups is 2. The van der Waals surface area contributed by atoms with Gasteiger partial charge in [0, 0.05) is 17.0 Å². The fourth-order valence-electron chi connectivity index (χ4n) is 3.17. The number of nitrogens with zero attached hydrogens (tertiary/aromatic N) is 1. The number of esters is 1. The third-order valence-electron chi connectivity index (χ3n) is 4.65. The molecular weight excluding hydrogens is 447 g/mol. The molecule has 7 nitrogen and oxygen atoms in total. The number of hydrogen-bond acceptors (Lipinski definition) is 5. The molecule has 0 fully saturated rings. The van der Waals surface area contributed by atoms with E-state index in [1.807, 2.05) is 0 Å². The zero-order valence-corrected chi connectivity index (χ0v) is 18.1. The van der Waals surface area contributed by atoms with Crippen LogP contribution in [0.5, 0.6) is 0 Å². The smallest absolute Gasteiger partial charge is 0.340 e. The molecule has 0 atom stereocenters. The van der Waals surface area contributed by atoms with Crippen molar-refractivity contribution in [2.75, 3.05) is 6.61 Å². The monoisotopic (exact) mass is 464 g/mol. The molecule has 0 aliphatic carbocycles. The molecule has 0 bridgehead atoms. The first-order valence-corrected chi connectivity index (χ1v) is 10.9. The Labute approximate surface area is 183 Å². The van der Waals surface area contributed by atoms with Gasteiger partial charge in [-0.2, -0.15) is 0 Å². The van der Waals surface area contributed by atoms with Crippen molar-refractivity contribution in [2.45, 2.75) is 18.7 Å². The van der Waals surface area contributed by atoms with Gasteiger partial charge in [-0.25, -0.2) is 22.7 Å². The quantitative estimate of drug-likeness (QED) is 0.443. The Hall–Kier alpha value is -3.01. The number of hydrogen-bond donors (Lipinski definition) is 1. The number of ketones is 1. The molecule has 1 aromatic heterocycles. The van der Waals surface area contributed by atoms with Crippen LogP contribution in [0.2, 0.25) is 5.02 Å². The Kier molecular flexibility index (Phi) is 6.30. The van der Waals surface area contributed by atoms with Crippen LogP contribution >= 0.6 is 11.6 Å². The summed E-state index contributed by atoms with van der Waals surface area (Å²) >= 11 is 5.95. The van der Waals surface area contributed by atoms with Gasteiger partial charge in [-0.1, -0.05) is 23.7 Å². The molecule has 10 heteroatoms. The number of benzene rings is 2. The molecule has 3 rings (SSSR count). The summed E-state index contributed by atoms with van der Waals surface area (Å²) in [6.45, 7) is 2.76. The summed E-state index contributed by atoms with van der Waals surface area (Å²) in [6, 6.07) is 11.1. The largest absolute Gasteiger partial charge is 0.454 e. The van der Waals surface area contributed by atoms with Crippen LogP contribution in [0.3, 0.4) is 0 Å². The molecule has 31 heavy (non-hydrogen) atoms. The number of sulfonamides is 1. The summed E-state index contributed by atoms with van der Waals surface area (Å²) < 4.78 is 43.8. The number of primary sulfonamides is 1. The summed E-state index contributed by atoms with van der Waals surface area (Å²) in [4.78, 5) is 24.7. The summed E-state index contributed by atoms with van der Waals surface area (Å²) in [5.74, 6) is -1.94. The van der Waals surface area contributed by atoms with Crippen LogP contribution in [0.1, 0.15) is 32.1 Å². The first kappa shape index (κ1) is 22.7. The second-order valence-corrected chi connectivity index (χ2v) is 8.73. The molecule has 3 aromatic rings. The molecule has 0 spiro atoms. The van der Waals surface area contributed by atoms with Crippen LogP contribution in [0, 0.1) is 19.7 Å².